The number of pyridine rings is 1. The highest BCUT2D eigenvalue weighted by atomic mass is 127. The maximum atomic E-state index is 15.8. The van der Waals surface area contributed by atoms with Gasteiger partial charge < -0.3 is 24.0 Å². The average molecular weight is 751 g/mol. The van der Waals surface area contributed by atoms with Crippen LogP contribution in [0.4, 0.5) is 14.9 Å². The Morgan fingerprint density at radius 2 is 2.02 bits per heavy atom. The van der Waals surface area contributed by atoms with E-state index in [4.69, 9.17) is 14.2 Å². The van der Waals surface area contributed by atoms with Crippen molar-refractivity contribution < 1.29 is 33.1 Å². The fourth-order valence-corrected chi connectivity index (χ4v) is 6.45. The molecule has 2 aromatic rings. The van der Waals surface area contributed by atoms with Gasteiger partial charge in [-0.3, -0.25) is 14.9 Å². The van der Waals surface area contributed by atoms with Crippen LogP contribution in [0, 0.1) is 19.5 Å². The minimum atomic E-state index is -1.72. The van der Waals surface area contributed by atoms with Crippen LogP contribution in [-0.2, 0) is 19.7 Å². The molecule has 2 saturated heterocycles. The molecule has 41 heavy (non-hydrogen) atoms. The lowest BCUT2D eigenvalue weighted by Gasteiger charge is -2.41. The van der Waals surface area contributed by atoms with Crippen molar-refractivity contribution in [2.75, 3.05) is 40.4 Å². The highest BCUT2D eigenvalue weighted by Gasteiger charge is 2.52. The first-order valence-electron chi connectivity index (χ1n) is 13.3. The second-order valence-corrected chi connectivity index (χ2v) is 13.4. The number of methoxy groups -OCH3 is 1. The lowest BCUT2D eigenvalue weighted by molar-refractivity contribution is -0.387. The topological polar surface area (TPSA) is 124 Å². The first-order valence-corrected chi connectivity index (χ1v) is 15.1. The molecule has 0 radical (unpaired) electrons. The first-order chi connectivity index (χ1) is 19.2. The van der Waals surface area contributed by atoms with Gasteiger partial charge in [-0.2, -0.15) is 0 Å². The van der Waals surface area contributed by atoms with Gasteiger partial charge in [-0.05, 0) is 105 Å². The van der Waals surface area contributed by atoms with Gasteiger partial charge in [0, 0.05) is 28.1 Å². The minimum absolute atomic E-state index is 0.00392. The third-order valence-electron chi connectivity index (χ3n) is 7.52. The number of carbonyl (C=O) groups is 2. The van der Waals surface area contributed by atoms with Crippen molar-refractivity contribution in [2.24, 2.45) is 0 Å². The summed E-state index contributed by atoms with van der Waals surface area (Å²) in [5, 5.41) is 12.9. The number of nitrogens with zero attached hydrogens (tertiary/aromatic N) is 4. The quantitative estimate of drug-likeness (QED) is 0.123. The first kappa shape index (κ1) is 31.6. The van der Waals surface area contributed by atoms with Crippen molar-refractivity contribution in [1.29, 1.82) is 0 Å². The normalized spacial score (nSPS) is 21.7. The number of rotatable bonds is 6. The minimum Gasteiger partial charge on any atom is -0.471 e. The summed E-state index contributed by atoms with van der Waals surface area (Å²) in [6.07, 6.45) is 1.54. The highest BCUT2D eigenvalue weighted by Crippen LogP contribution is 2.48. The monoisotopic (exact) mass is 750 g/mol. The predicted octanol–water partition coefficient (Wildman–Crippen LogP) is 5.56. The number of esters is 1. The van der Waals surface area contributed by atoms with E-state index in [1.807, 2.05) is 29.6 Å². The van der Waals surface area contributed by atoms with Gasteiger partial charge in [-0.25, -0.2) is 14.2 Å². The molecule has 4 rings (SSSR count). The van der Waals surface area contributed by atoms with Gasteiger partial charge in [0.05, 0.1) is 22.1 Å². The largest absolute Gasteiger partial charge is 0.471 e. The number of nitro groups is 1. The van der Waals surface area contributed by atoms with Crippen molar-refractivity contribution in [3.63, 3.8) is 0 Å². The Kier molecular flexibility index (Phi) is 9.34. The molecule has 224 valence electrons. The molecule has 11 nitrogen and oxygen atoms in total. The second kappa shape index (κ2) is 12.1. The summed E-state index contributed by atoms with van der Waals surface area (Å²) in [5.41, 5.74) is -3.36. The average Bonchev–Trinajstić information content (AvgIpc) is 3.32. The molecule has 0 bridgehead atoms. The number of aromatic nitrogens is 1. The van der Waals surface area contributed by atoms with E-state index in [9.17, 15) is 19.7 Å². The van der Waals surface area contributed by atoms with E-state index in [0.29, 0.717) is 9.99 Å². The van der Waals surface area contributed by atoms with Crippen molar-refractivity contribution in [3.8, 4) is 5.88 Å². The summed E-state index contributed by atoms with van der Waals surface area (Å²) in [7, 11) is 3.12. The van der Waals surface area contributed by atoms with Crippen molar-refractivity contribution >= 4 is 67.2 Å². The molecule has 1 aromatic carbocycles. The Bertz CT molecular complexity index is 1390. The van der Waals surface area contributed by atoms with E-state index >= 15 is 4.39 Å². The standard InChI is InChI=1S/C27H33BrFIN4O7/c1-26(2,3)41-25(36)33-11-7-9-27(14-33,24(35)39-5)18-16-12-17(30)19(28)20(29)21(16)31-23(22(18)34(37)38)40-13-15-8-6-10-32(15)4/h12,15H,6-11,13-14H2,1-5H3/t15-,27?/m0/s1. The van der Waals surface area contributed by atoms with Gasteiger partial charge in [0.15, 0.2) is 5.82 Å². The van der Waals surface area contributed by atoms with Gasteiger partial charge in [0.1, 0.15) is 23.1 Å². The summed E-state index contributed by atoms with van der Waals surface area (Å²) >= 11 is 5.15. The van der Waals surface area contributed by atoms with E-state index < -0.39 is 39.5 Å². The molecule has 2 aliphatic rings. The van der Waals surface area contributed by atoms with E-state index in [1.165, 1.54) is 12.0 Å². The number of piperidine rings is 1. The molecular formula is C27H33BrFIN4O7. The molecule has 2 aliphatic heterocycles. The highest BCUT2D eigenvalue weighted by molar-refractivity contribution is 14.1. The van der Waals surface area contributed by atoms with Crippen LogP contribution in [0.3, 0.4) is 0 Å². The zero-order chi connectivity index (χ0) is 30.3. The Morgan fingerprint density at radius 3 is 2.61 bits per heavy atom. The van der Waals surface area contributed by atoms with Gasteiger partial charge in [-0.15, -0.1) is 0 Å². The number of likely N-dealkylation sites (N-methyl/N-ethyl adjacent to an activating group) is 1. The Hall–Kier alpha value is -2.33. The Morgan fingerprint density at radius 1 is 1.32 bits per heavy atom. The lowest BCUT2D eigenvalue weighted by Crippen LogP contribution is -2.54. The van der Waals surface area contributed by atoms with Crippen LogP contribution in [0.2, 0.25) is 0 Å². The Balaban J connectivity index is 1.99. The zero-order valence-corrected chi connectivity index (χ0v) is 27.3. The molecular weight excluding hydrogens is 718 g/mol. The molecule has 0 saturated carbocycles. The summed E-state index contributed by atoms with van der Waals surface area (Å²) in [6, 6.07) is 1.54. The molecule has 2 fully saturated rings. The molecule has 0 aliphatic carbocycles. The lowest BCUT2D eigenvalue weighted by atomic mass is 9.72. The number of ether oxygens (including phenoxy) is 3. The second-order valence-electron chi connectivity index (χ2n) is 11.4. The number of halogens is 3. The zero-order valence-electron chi connectivity index (χ0n) is 23.6. The van der Waals surface area contributed by atoms with Crippen molar-refractivity contribution in [3.05, 3.63) is 35.6 Å². The number of likely N-dealkylation sites (tertiary alicyclic amines) is 2. The maximum Gasteiger partial charge on any atom is 0.410 e. The summed E-state index contributed by atoms with van der Waals surface area (Å²) in [5.74, 6) is -1.92. The number of amides is 1. The number of hydrogen-bond donors (Lipinski definition) is 0. The third kappa shape index (κ3) is 6.24. The third-order valence-corrected chi connectivity index (χ3v) is 9.89. The fraction of sp³-hybridized carbons (Fsp3) is 0.593. The molecule has 3 heterocycles. The van der Waals surface area contributed by atoms with Gasteiger partial charge in [0.2, 0.25) is 0 Å². The van der Waals surface area contributed by atoms with Crippen LogP contribution < -0.4 is 4.74 Å². The van der Waals surface area contributed by atoms with Crippen LogP contribution in [0.5, 0.6) is 5.88 Å². The van der Waals surface area contributed by atoms with Crippen LogP contribution in [-0.4, -0.2) is 83.8 Å². The van der Waals surface area contributed by atoms with Gasteiger partial charge >= 0.3 is 17.7 Å². The van der Waals surface area contributed by atoms with Gasteiger partial charge in [-0.1, -0.05) is 0 Å². The van der Waals surface area contributed by atoms with Crippen molar-refractivity contribution in [1.82, 2.24) is 14.8 Å². The SMILES string of the molecule is COC(=O)C1(c2c([N+](=O)[O-])c(OC[C@@H]3CCCN3C)nc3c(F)c(Br)c(I)cc23)CCCN(C(=O)OC(C)(C)C)C1. The fourth-order valence-electron chi connectivity index (χ4n) is 5.60. The summed E-state index contributed by atoms with van der Waals surface area (Å²) in [4.78, 5) is 46.7. The Labute approximate surface area is 259 Å². The molecule has 1 amide bonds. The van der Waals surface area contributed by atoms with Gasteiger partial charge in [0.25, 0.3) is 5.88 Å². The predicted molar refractivity (Wildman–Crippen MR) is 161 cm³/mol. The molecule has 1 unspecified atom stereocenters. The van der Waals surface area contributed by atoms with Crippen LogP contribution >= 0.6 is 38.5 Å². The number of carbonyl (C=O) groups excluding carboxylic acids is 2. The molecule has 14 heteroatoms. The van der Waals surface area contributed by atoms with Crippen LogP contribution in [0.25, 0.3) is 10.9 Å². The molecule has 0 N–H and O–H groups in total. The van der Waals surface area contributed by atoms with E-state index in [1.54, 1.807) is 26.8 Å². The summed E-state index contributed by atoms with van der Waals surface area (Å²) < 4.78 is 33.1. The van der Waals surface area contributed by atoms with E-state index in [-0.39, 0.29) is 59.0 Å². The van der Waals surface area contributed by atoms with Crippen LogP contribution in [0.1, 0.15) is 52.0 Å². The number of hydrogen-bond acceptors (Lipinski definition) is 9. The number of fused-ring (bicyclic) bond motifs is 1. The summed E-state index contributed by atoms with van der Waals surface area (Å²) in [6.45, 7) is 6.11. The molecule has 0 spiro atoms. The smallest absolute Gasteiger partial charge is 0.410 e. The molecule has 1 aromatic heterocycles. The number of benzene rings is 1. The van der Waals surface area contributed by atoms with Crippen LogP contribution in [0.15, 0.2) is 10.5 Å². The van der Waals surface area contributed by atoms with E-state index in [2.05, 4.69) is 25.8 Å². The van der Waals surface area contributed by atoms with E-state index in [0.717, 1.165) is 19.4 Å². The van der Waals surface area contributed by atoms with Crippen molar-refractivity contribution in [2.45, 2.75) is 63.5 Å². The molecule has 2 atom stereocenters. The maximum absolute atomic E-state index is 15.8.